The van der Waals surface area contributed by atoms with Gasteiger partial charge in [0, 0.05) is 35.1 Å². The van der Waals surface area contributed by atoms with E-state index in [1.54, 1.807) is 17.4 Å². The number of aliphatic imine (C=N–C) groups is 1. The zero-order valence-electron chi connectivity index (χ0n) is 13.6. The van der Waals surface area contributed by atoms with E-state index in [1.807, 2.05) is 13.1 Å². The quantitative estimate of drug-likeness (QED) is 0.336. The highest BCUT2D eigenvalue weighted by Gasteiger charge is 2.04. The first kappa shape index (κ1) is 21.3. The van der Waals surface area contributed by atoms with Crippen LogP contribution < -0.4 is 10.6 Å². The molecule has 2 rings (SSSR count). The second kappa shape index (κ2) is 11.0. The van der Waals surface area contributed by atoms with Crippen molar-refractivity contribution < 1.29 is 4.39 Å². The first-order valence-electron chi connectivity index (χ1n) is 7.46. The highest BCUT2D eigenvalue weighted by Crippen LogP contribution is 2.18. The van der Waals surface area contributed by atoms with Crippen molar-refractivity contribution in [1.29, 1.82) is 0 Å². The number of nitrogens with one attached hydrogen (secondary N) is 2. The predicted molar refractivity (Wildman–Crippen MR) is 113 cm³/mol. The minimum atomic E-state index is -0.254. The molecule has 2 N–H and O–H groups in total. The zero-order chi connectivity index (χ0) is 16.7. The lowest BCUT2D eigenvalue weighted by molar-refractivity contribution is 0.625. The van der Waals surface area contributed by atoms with Gasteiger partial charge in [-0.3, -0.25) is 0 Å². The third kappa shape index (κ3) is 7.02. The summed E-state index contributed by atoms with van der Waals surface area (Å²) in [6.45, 7) is 6.00. The Hall–Kier alpha value is -0.740. The molecule has 2 aromatic rings. The zero-order valence-corrected chi connectivity index (χ0v) is 18.3. The third-order valence-corrected chi connectivity index (χ3v) is 4.81. The summed E-state index contributed by atoms with van der Waals surface area (Å²) in [7, 11) is 0. The summed E-state index contributed by atoms with van der Waals surface area (Å²) >= 11 is 5.13. The molecule has 8 heteroatoms. The normalized spacial score (nSPS) is 11.1. The lowest BCUT2D eigenvalue weighted by atomic mass is 10.2. The summed E-state index contributed by atoms with van der Waals surface area (Å²) in [5.74, 6) is 0.465. The van der Waals surface area contributed by atoms with Gasteiger partial charge in [0.25, 0.3) is 0 Å². The smallest absolute Gasteiger partial charge is 0.191 e. The van der Waals surface area contributed by atoms with Crippen molar-refractivity contribution in [1.82, 2.24) is 15.6 Å². The number of thiazole rings is 1. The van der Waals surface area contributed by atoms with E-state index in [4.69, 9.17) is 0 Å². The van der Waals surface area contributed by atoms with Crippen LogP contribution in [0.1, 0.15) is 22.4 Å². The molecule has 0 spiro atoms. The maximum absolute atomic E-state index is 13.3. The Morgan fingerprint density at radius 3 is 2.83 bits per heavy atom. The van der Waals surface area contributed by atoms with E-state index < -0.39 is 0 Å². The Kier molecular flexibility index (Phi) is 9.75. The monoisotopic (exact) mass is 526 g/mol. The van der Waals surface area contributed by atoms with E-state index in [0.29, 0.717) is 6.54 Å². The predicted octanol–water partition coefficient (Wildman–Crippen LogP) is 4.27. The number of aromatic nitrogens is 1. The number of rotatable bonds is 6. The Labute approximate surface area is 171 Å². The summed E-state index contributed by atoms with van der Waals surface area (Å²) in [6, 6.07) is 4.62. The van der Waals surface area contributed by atoms with Crippen LogP contribution in [0.25, 0.3) is 0 Å². The van der Waals surface area contributed by atoms with Gasteiger partial charge in [0.1, 0.15) is 5.82 Å². The summed E-state index contributed by atoms with van der Waals surface area (Å²) in [4.78, 5) is 10.1. The highest BCUT2D eigenvalue weighted by molar-refractivity contribution is 14.0. The number of guanidine groups is 1. The van der Waals surface area contributed by atoms with E-state index in [-0.39, 0.29) is 29.8 Å². The van der Waals surface area contributed by atoms with Crippen molar-refractivity contribution in [2.75, 3.05) is 13.1 Å². The number of hydrogen-bond donors (Lipinski definition) is 2. The van der Waals surface area contributed by atoms with E-state index in [1.165, 1.54) is 17.0 Å². The Balaban J connectivity index is 0.00000288. The van der Waals surface area contributed by atoms with E-state index in [2.05, 4.69) is 43.5 Å². The summed E-state index contributed by atoms with van der Waals surface area (Å²) in [5, 5.41) is 7.58. The molecular weight excluding hydrogens is 506 g/mol. The van der Waals surface area contributed by atoms with Gasteiger partial charge >= 0.3 is 0 Å². The fourth-order valence-corrected chi connectivity index (χ4v) is 3.13. The molecule has 0 fully saturated rings. The van der Waals surface area contributed by atoms with Crippen LogP contribution >= 0.6 is 51.2 Å². The van der Waals surface area contributed by atoms with Crippen molar-refractivity contribution in [3.8, 4) is 0 Å². The molecule has 0 radical (unpaired) electrons. The van der Waals surface area contributed by atoms with Crippen LogP contribution in [0.15, 0.2) is 33.9 Å². The third-order valence-electron chi connectivity index (χ3n) is 3.06. The average Bonchev–Trinajstić information content (AvgIpc) is 2.93. The first-order chi connectivity index (χ1) is 11.1. The van der Waals surface area contributed by atoms with Crippen LogP contribution in [-0.2, 0) is 13.0 Å². The second-order valence-electron chi connectivity index (χ2n) is 4.97. The SMILES string of the molecule is CCNC(=NCc1cc(F)ccc1Br)NCCc1ncc(C)s1.I. The number of benzene rings is 1. The van der Waals surface area contributed by atoms with Crippen molar-refractivity contribution in [3.63, 3.8) is 0 Å². The molecule has 0 aliphatic heterocycles. The maximum atomic E-state index is 13.3. The molecule has 0 aliphatic rings. The molecule has 4 nitrogen and oxygen atoms in total. The van der Waals surface area contributed by atoms with Gasteiger partial charge in [0.05, 0.1) is 11.6 Å². The minimum Gasteiger partial charge on any atom is -0.357 e. The largest absolute Gasteiger partial charge is 0.357 e. The average molecular weight is 527 g/mol. The fraction of sp³-hybridized carbons (Fsp3) is 0.375. The van der Waals surface area contributed by atoms with Crippen molar-refractivity contribution in [2.24, 2.45) is 4.99 Å². The molecule has 0 bridgehead atoms. The number of halogens is 3. The summed E-state index contributed by atoms with van der Waals surface area (Å²) < 4.78 is 14.2. The molecule has 0 saturated heterocycles. The lowest BCUT2D eigenvalue weighted by Gasteiger charge is -2.11. The molecule has 1 heterocycles. The molecule has 0 aliphatic carbocycles. The summed E-state index contributed by atoms with van der Waals surface area (Å²) in [5.41, 5.74) is 0.817. The van der Waals surface area contributed by atoms with Crippen LogP contribution in [0.4, 0.5) is 4.39 Å². The molecule has 0 atom stereocenters. The standard InChI is InChI=1S/C16H20BrFN4S.HI/c1-3-19-16(20-7-6-15-21-9-11(2)23-15)22-10-12-8-13(18)4-5-14(12)17;/h4-5,8-9H,3,6-7,10H2,1-2H3,(H2,19,20,22);1H. The van der Waals surface area contributed by atoms with Crippen molar-refractivity contribution in [2.45, 2.75) is 26.8 Å². The molecule has 1 aromatic heterocycles. The number of hydrogen-bond acceptors (Lipinski definition) is 3. The molecule has 1 aromatic carbocycles. The van der Waals surface area contributed by atoms with Gasteiger partial charge in [0.2, 0.25) is 0 Å². The topological polar surface area (TPSA) is 49.3 Å². The van der Waals surface area contributed by atoms with E-state index in [9.17, 15) is 4.39 Å². The van der Waals surface area contributed by atoms with Gasteiger partial charge in [-0.2, -0.15) is 0 Å². The Bertz CT molecular complexity index is 678. The molecule has 24 heavy (non-hydrogen) atoms. The van der Waals surface area contributed by atoms with E-state index in [0.717, 1.165) is 40.5 Å². The molecule has 0 saturated carbocycles. The van der Waals surface area contributed by atoms with Crippen LogP contribution in [0.5, 0.6) is 0 Å². The van der Waals surface area contributed by atoms with E-state index >= 15 is 0 Å². The van der Waals surface area contributed by atoms with Gasteiger partial charge < -0.3 is 10.6 Å². The minimum absolute atomic E-state index is 0. The number of aryl methyl sites for hydroxylation is 1. The second-order valence-corrected chi connectivity index (χ2v) is 7.15. The van der Waals surface area contributed by atoms with Crippen LogP contribution in [-0.4, -0.2) is 24.0 Å². The molecular formula is C16H21BrFIN4S. The first-order valence-corrected chi connectivity index (χ1v) is 9.07. The lowest BCUT2D eigenvalue weighted by Crippen LogP contribution is -2.38. The molecule has 132 valence electrons. The van der Waals surface area contributed by atoms with Crippen LogP contribution in [0.2, 0.25) is 0 Å². The van der Waals surface area contributed by atoms with Gasteiger partial charge in [-0.05, 0) is 37.6 Å². The van der Waals surface area contributed by atoms with Crippen LogP contribution in [0.3, 0.4) is 0 Å². The van der Waals surface area contributed by atoms with Gasteiger partial charge in [-0.1, -0.05) is 15.9 Å². The molecule has 0 amide bonds. The fourth-order valence-electron chi connectivity index (χ4n) is 1.98. The van der Waals surface area contributed by atoms with Crippen LogP contribution in [0, 0.1) is 12.7 Å². The highest BCUT2D eigenvalue weighted by atomic mass is 127. The van der Waals surface area contributed by atoms with Gasteiger partial charge in [0.15, 0.2) is 5.96 Å². The summed E-state index contributed by atoms with van der Waals surface area (Å²) in [6.07, 6.45) is 2.74. The van der Waals surface area contributed by atoms with Gasteiger partial charge in [-0.25, -0.2) is 14.4 Å². The molecule has 0 unspecified atom stereocenters. The maximum Gasteiger partial charge on any atom is 0.191 e. The van der Waals surface area contributed by atoms with Gasteiger partial charge in [-0.15, -0.1) is 35.3 Å². The number of nitrogens with zero attached hydrogens (tertiary/aromatic N) is 2. The Morgan fingerprint density at radius 1 is 1.38 bits per heavy atom. The Morgan fingerprint density at radius 2 is 2.17 bits per heavy atom. The van der Waals surface area contributed by atoms with Crippen molar-refractivity contribution >= 4 is 57.2 Å². The van der Waals surface area contributed by atoms with Crippen molar-refractivity contribution in [3.05, 3.63) is 50.1 Å².